The Morgan fingerprint density at radius 1 is 1.00 bits per heavy atom. The molecule has 0 saturated carbocycles. The van der Waals surface area contributed by atoms with Crippen molar-refractivity contribution in [3.63, 3.8) is 0 Å². The van der Waals surface area contributed by atoms with Crippen molar-refractivity contribution in [3.8, 4) is 5.75 Å². The summed E-state index contributed by atoms with van der Waals surface area (Å²) >= 11 is 11.7. The lowest BCUT2D eigenvalue weighted by Crippen LogP contribution is -2.50. The fourth-order valence-corrected chi connectivity index (χ4v) is 4.72. The Hall–Kier alpha value is -1.94. The highest BCUT2D eigenvalue weighted by Gasteiger charge is 2.31. The molecule has 0 aliphatic carbocycles. The molecule has 1 aliphatic heterocycles. The summed E-state index contributed by atoms with van der Waals surface area (Å²) in [6.07, 6.45) is 0. The van der Waals surface area contributed by atoms with Crippen LogP contribution in [0.25, 0.3) is 0 Å². The summed E-state index contributed by atoms with van der Waals surface area (Å²) in [5.41, 5.74) is 0.184. The molecule has 0 aromatic heterocycles. The minimum atomic E-state index is -3.79. The van der Waals surface area contributed by atoms with Crippen LogP contribution in [-0.2, 0) is 10.0 Å². The van der Waals surface area contributed by atoms with Crippen LogP contribution in [0.2, 0.25) is 10.0 Å². The van der Waals surface area contributed by atoms with Crippen LogP contribution in [0, 0.1) is 0 Å². The van der Waals surface area contributed by atoms with E-state index in [-0.39, 0.29) is 52.4 Å². The smallest absolute Gasteiger partial charge is 0.387 e. The first-order valence-corrected chi connectivity index (χ1v) is 10.7. The van der Waals surface area contributed by atoms with Gasteiger partial charge in [0.25, 0.3) is 5.91 Å². The van der Waals surface area contributed by atoms with E-state index in [4.69, 9.17) is 23.2 Å². The number of ether oxygens (including phenoxy) is 1. The Kier molecular flexibility index (Phi) is 6.62. The zero-order chi connectivity index (χ0) is 21.2. The number of benzene rings is 2. The van der Waals surface area contributed by atoms with Gasteiger partial charge in [-0.2, -0.15) is 13.1 Å². The van der Waals surface area contributed by atoms with Crippen LogP contribution in [0.4, 0.5) is 8.78 Å². The van der Waals surface area contributed by atoms with E-state index in [1.54, 1.807) is 0 Å². The summed E-state index contributed by atoms with van der Waals surface area (Å²) in [6, 6.07) is 9.54. The Labute approximate surface area is 176 Å². The number of hydrogen-bond acceptors (Lipinski definition) is 4. The topological polar surface area (TPSA) is 66.9 Å². The molecule has 156 valence electrons. The molecule has 0 bridgehead atoms. The zero-order valence-corrected chi connectivity index (χ0v) is 17.2. The predicted octanol–water partition coefficient (Wildman–Crippen LogP) is 3.74. The standard InChI is InChI=1S/C18H16Cl2F2N2O4S/c19-15-5-4-14(11-16(15)20)29(26,27)24-8-6-23(7-9-24)17(25)12-2-1-3-13(10-12)28-18(21)22/h1-5,10-11,18H,6-9H2. The summed E-state index contributed by atoms with van der Waals surface area (Å²) < 4.78 is 55.8. The molecule has 11 heteroatoms. The summed E-state index contributed by atoms with van der Waals surface area (Å²) in [5, 5.41) is 0.381. The Balaban J connectivity index is 1.68. The summed E-state index contributed by atoms with van der Waals surface area (Å²) in [4.78, 5) is 14.1. The minimum absolute atomic E-state index is 0.0172. The highest BCUT2D eigenvalue weighted by atomic mass is 35.5. The Morgan fingerprint density at radius 3 is 2.31 bits per heavy atom. The third-order valence-corrected chi connectivity index (χ3v) is 6.99. The second-order valence-electron chi connectivity index (χ2n) is 6.18. The van der Waals surface area contributed by atoms with Crippen molar-refractivity contribution in [2.75, 3.05) is 26.2 Å². The molecule has 1 amide bonds. The van der Waals surface area contributed by atoms with Gasteiger partial charge in [-0.25, -0.2) is 8.42 Å². The van der Waals surface area contributed by atoms with Crippen molar-refractivity contribution in [2.24, 2.45) is 0 Å². The quantitative estimate of drug-likeness (QED) is 0.675. The summed E-state index contributed by atoms with van der Waals surface area (Å²) in [7, 11) is -3.79. The van der Waals surface area contributed by atoms with Crippen LogP contribution >= 0.6 is 23.2 Å². The van der Waals surface area contributed by atoms with Crippen LogP contribution < -0.4 is 4.74 Å². The number of piperazine rings is 1. The number of nitrogens with zero attached hydrogens (tertiary/aromatic N) is 2. The third kappa shape index (κ3) is 4.98. The van der Waals surface area contributed by atoms with Crippen molar-refractivity contribution >= 4 is 39.1 Å². The van der Waals surface area contributed by atoms with Gasteiger partial charge in [-0.3, -0.25) is 4.79 Å². The maximum atomic E-state index is 12.8. The molecule has 0 N–H and O–H groups in total. The van der Waals surface area contributed by atoms with Gasteiger partial charge in [0.1, 0.15) is 5.75 Å². The SMILES string of the molecule is O=C(c1cccc(OC(F)F)c1)N1CCN(S(=O)(=O)c2ccc(Cl)c(Cl)c2)CC1. The van der Waals surface area contributed by atoms with E-state index in [2.05, 4.69) is 4.74 Å². The van der Waals surface area contributed by atoms with E-state index in [0.29, 0.717) is 0 Å². The fraction of sp³-hybridized carbons (Fsp3) is 0.278. The number of rotatable bonds is 5. The van der Waals surface area contributed by atoms with Crippen molar-refractivity contribution in [2.45, 2.75) is 11.5 Å². The van der Waals surface area contributed by atoms with Crippen molar-refractivity contribution in [1.29, 1.82) is 0 Å². The van der Waals surface area contributed by atoms with E-state index in [0.717, 1.165) is 0 Å². The molecule has 3 rings (SSSR count). The first-order chi connectivity index (χ1) is 13.7. The van der Waals surface area contributed by atoms with Crippen molar-refractivity contribution in [1.82, 2.24) is 9.21 Å². The molecule has 1 fully saturated rings. The number of alkyl halides is 2. The number of amides is 1. The Bertz CT molecular complexity index is 1010. The van der Waals surface area contributed by atoms with Gasteiger partial charge in [0.05, 0.1) is 14.9 Å². The van der Waals surface area contributed by atoms with Gasteiger partial charge in [0.2, 0.25) is 10.0 Å². The van der Waals surface area contributed by atoms with Gasteiger partial charge in [0.15, 0.2) is 0 Å². The normalized spacial score (nSPS) is 15.6. The van der Waals surface area contributed by atoms with E-state index in [1.165, 1.54) is 51.7 Å². The highest BCUT2D eigenvalue weighted by Crippen LogP contribution is 2.27. The summed E-state index contributed by atoms with van der Waals surface area (Å²) in [5.74, 6) is -0.511. The number of carbonyl (C=O) groups is 1. The first-order valence-electron chi connectivity index (χ1n) is 8.48. The second kappa shape index (κ2) is 8.83. The lowest BCUT2D eigenvalue weighted by Gasteiger charge is -2.34. The summed E-state index contributed by atoms with van der Waals surface area (Å²) in [6.45, 7) is -2.52. The lowest BCUT2D eigenvalue weighted by molar-refractivity contribution is -0.0499. The highest BCUT2D eigenvalue weighted by molar-refractivity contribution is 7.89. The number of hydrogen-bond donors (Lipinski definition) is 0. The number of halogens is 4. The van der Waals surface area contributed by atoms with Crippen molar-refractivity contribution in [3.05, 3.63) is 58.1 Å². The molecular formula is C18H16Cl2F2N2O4S. The molecule has 2 aromatic rings. The minimum Gasteiger partial charge on any atom is -0.435 e. The van der Waals surface area contributed by atoms with Crippen LogP contribution in [0.3, 0.4) is 0 Å². The monoisotopic (exact) mass is 464 g/mol. The molecule has 1 aliphatic rings. The van der Waals surface area contributed by atoms with Gasteiger partial charge in [-0.05, 0) is 36.4 Å². The van der Waals surface area contributed by atoms with Gasteiger partial charge >= 0.3 is 6.61 Å². The molecule has 1 heterocycles. The maximum absolute atomic E-state index is 12.8. The fourth-order valence-electron chi connectivity index (χ4n) is 2.91. The van der Waals surface area contributed by atoms with Crippen molar-refractivity contribution < 1.29 is 26.7 Å². The molecule has 1 saturated heterocycles. The van der Waals surface area contributed by atoms with Crippen LogP contribution in [0.5, 0.6) is 5.75 Å². The third-order valence-electron chi connectivity index (χ3n) is 4.36. The van der Waals surface area contributed by atoms with E-state index < -0.39 is 22.5 Å². The molecule has 6 nitrogen and oxygen atoms in total. The number of carbonyl (C=O) groups excluding carboxylic acids is 1. The van der Waals surface area contributed by atoms with E-state index in [9.17, 15) is 22.0 Å². The van der Waals surface area contributed by atoms with Crippen LogP contribution in [0.1, 0.15) is 10.4 Å². The first kappa shape index (κ1) is 21.8. The lowest BCUT2D eigenvalue weighted by atomic mass is 10.1. The Morgan fingerprint density at radius 2 is 1.69 bits per heavy atom. The zero-order valence-electron chi connectivity index (χ0n) is 14.9. The average Bonchev–Trinajstić information content (AvgIpc) is 2.69. The largest absolute Gasteiger partial charge is 0.435 e. The molecule has 0 spiro atoms. The number of sulfonamides is 1. The molecule has 2 aromatic carbocycles. The predicted molar refractivity (Wildman–Crippen MR) is 104 cm³/mol. The molecule has 0 atom stereocenters. The van der Waals surface area contributed by atoms with Crippen LogP contribution in [-0.4, -0.2) is 56.3 Å². The molecule has 0 unspecified atom stereocenters. The molecule has 29 heavy (non-hydrogen) atoms. The second-order valence-corrected chi connectivity index (χ2v) is 8.93. The maximum Gasteiger partial charge on any atom is 0.387 e. The van der Waals surface area contributed by atoms with Gasteiger partial charge < -0.3 is 9.64 Å². The van der Waals surface area contributed by atoms with Crippen LogP contribution in [0.15, 0.2) is 47.4 Å². The van der Waals surface area contributed by atoms with Gasteiger partial charge in [0, 0.05) is 31.7 Å². The van der Waals surface area contributed by atoms with E-state index >= 15 is 0 Å². The van der Waals surface area contributed by atoms with Gasteiger partial charge in [-0.1, -0.05) is 29.3 Å². The van der Waals surface area contributed by atoms with Gasteiger partial charge in [-0.15, -0.1) is 0 Å². The molecular weight excluding hydrogens is 449 g/mol. The molecule has 0 radical (unpaired) electrons. The average molecular weight is 465 g/mol. The van der Waals surface area contributed by atoms with E-state index in [1.807, 2.05) is 0 Å².